The van der Waals surface area contributed by atoms with E-state index in [1.165, 1.54) is 0 Å². The van der Waals surface area contributed by atoms with Crippen LogP contribution in [0.5, 0.6) is 5.75 Å². The number of halogens is 1. The molecule has 1 saturated heterocycles. The summed E-state index contributed by atoms with van der Waals surface area (Å²) in [6.07, 6.45) is 7.71. The molecule has 6 rings (SSSR count). The number of rotatable bonds is 7. The van der Waals surface area contributed by atoms with Gasteiger partial charge in [0.2, 0.25) is 5.95 Å². The fraction of sp³-hybridized carbons (Fsp3) is 0.387. The lowest BCUT2D eigenvalue weighted by molar-refractivity contribution is 0.0518. The van der Waals surface area contributed by atoms with Crippen LogP contribution in [0.2, 0.25) is 5.02 Å². The smallest absolute Gasteiger partial charge is 0.410 e. The molecule has 2 aromatic carbocycles. The normalized spacial score (nSPS) is 19.7. The van der Waals surface area contributed by atoms with Crippen molar-refractivity contribution >= 4 is 34.5 Å². The van der Waals surface area contributed by atoms with E-state index >= 15 is 0 Å². The Morgan fingerprint density at radius 1 is 1.12 bits per heavy atom. The van der Waals surface area contributed by atoms with Gasteiger partial charge in [-0.3, -0.25) is 4.90 Å². The predicted molar refractivity (Wildman–Crippen MR) is 160 cm³/mol. The number of hydrogen-bond acceptors (Lipinski definition) is 7. The molecule has 3 heterocycles. The van der Waals surface area contributed by atoms with Gasteiger partial charge in [-0.1, -0.05) is 41.9 Å². The minimum Gasteiger partial charge on any atom is -0.497 e. The number of anilines is 1. The van der Waals surface area contributed by atoms with Gasteiger partial charge >= 0.3 is 6.09 Å². The van der Waals surface area contributed by atoms with Crippen molar-refractivity contribution in [1.82, 2.24) is 24.8 Å². The maximum absolute atomic E-state index is 12.6. The standard InChI is InChI=1S/C31H35ClN6O3/c1-40-24-10-11-28-25(17-24)26(18-33-28)29-27(32)19-34-30(36-29)35-22-8-5-9-23(16-22)37-12-14-38(15-13-37)31(39)41-20-21-6-3-2-4-7-21/h2-4,6-7,10-11,17-19,22-23,33H,5,8-9,12-16,20H2,1H3,(H,34,35,36)/t22-,23+/m1/s1. The van der Waals surface area contributed by atoms with E-state index < -0.39 is 0 Å². The SMILES string of the molecule is COc1ccc2[nH]cc(-c3nc(N[C@@H]4CCC[C@H](N5CCN(C(=O)OCc6ccccc6)CC5)C4)ncc3Cl)c2c1. The summed E-state index contributed by atoms with van der Waals surface area (Å²) in [6, 6.07) is 16.4. The second-order valence-electron chi connectivity index (χ2n) is 10.7. The largest absolute Gasteiger partial charge is 0.497 e. The first kappa shape index (κ1) is 27.4. The number of H-pyrrole nitrogens is 1. The van der Waals surface area contributed by atoms with Crippen molar-refractivity contribution in [3.63, 3.8) is 0 Å². The number of methoxy groups -OCH3 is 1. The van der Waals surface area contributed by atoms with Crippen LogP contribution in [0.4, 0.5) is 10.7 Å². The molecule has 2 fully saturated rings. The molecule has 9 nitrogen and oxygen atoms in total. The molecule has 2 aromatic heterocycles. The molecule has 1 aliphatic heterocycles. The number of aromatic nitrogens is 3. The Bertz CT molecular complexity index is 1490. The van der Waals surface area contributed by atoms with Crippen LogP contribution in [0.1, 0.15) is 31.2 Å². The lowest BCUT2D eigenvalue weighted by Crippen LogP contribution is -2.53. The fourth-order valence-corrected chi connectivity index (χ4v) is 6.13. The Balaban J connectivity index is 1.05. The summed E-state index contributed by atoms with van der Waals surface area (Å²) in [7, 11) is 1.66. The number of piperazine rings is 1. The average molecular weight is 575 g/mol. The van der Waals surface area contributed by atoms with E-state index in [2.05, 4.69) is 20.2 Å². The Hall–Kier alpha value is -3.82. The number of nitrogens with zero attached hydrogens (tertiary/aromatic N) is 4. The molecule has 214 valence electrons. The van der Waals surface area contributed by atoms with Crippen molar-refractivity contribution < 1.29 is 14.3 Å². The number of nitrogens with one attached hydrogen (secondary N) is 2. The van der Waals surface area contributed by atoms with E-state index in [0.717, 1.165) is 66.6 Å². The van der Waals surface area contributed by atoms with Crippen molar-refractivity contribution in [3.05, 3.63) is 71.5 Å². The zero-order valence-electron chi connectivity index (χ0n) is 23.2. The molecule has 1 aliphatic carbocycles. The van der Waals surface area contributed by atoms with Crippen molar-refractivity contribution in [1.29, 1.82) is 0 Å². The first-order valence-corrected chi connectivity index (χ1v) is 14.6. The summed E-state index contributed by atoms with van der Waals surface area (Å²) in [5.41, 5.74) is 3.59. The second-order valence-corrected chi connectivity index (χ2v) is 11.1. The van der Waals surface area contributed by atoms with Gasteiger partial charge in [-0.25, -0.2) is 14.8 Å². The summed E-state index contributed by atoms with van der Waals surface area (Å²) >= 11 is 6.57. The van der Waals surface area contributed by atoms with Gasteiger partial charge in [0.05, 0.1) is 24.0 Å². The highest BCUT2D eigenvalue weighted by Gasteiger charge is 2.31. The molecule has 2 N–H and O–H groups in total. The minimum absolute atomic E-state index is 0.235. The molecular formula is C31H35ClN6O3. The molecule has 1 amide bonds. The summed E-state index contributed by atoms with van der Waals surface area (Å²) in [5.74, 6) is 1.36. The van der Waals surface area contributed by atoms with Crippen LogP contribution in [-0.4, -0.2) is 76.2 Å². The van der Waals surface area contributed by atoms with Gasteiger partial charge in [0, 0.05) is 60.9 Å². The van der Waals surface area contributed by atoms with Crippen LogP contribution < -0.4 is 10.1 Å². The van der Waals surface area contributed by atoms with E-state index in [4.69, 9.17) is 26.1 Å². The van der Waals surface area contributed by atoms with Crippen LogP contribution in [0, 0.1) is 0 Å². The van der Waals surface area contributed by atoms with Gasteiger partial charge in [0.15, 0.2) is 0 Å². The number of fused-ring (bicyclic) bond motifs is 1. The van der Waals surface area contributed by atoms with Crippen molar-refractivity contribution in [2.45, 2.75) is 44.4 Å². The highest BCUT2D eigenvalue weighted by molar-refractivity contribution is 6.33. The molecule has 0 unspecified atom stereocenters. The molecule has 1 saturated carbocycles. The summed E-state index contributed by atoms with van der Waals surface area (Å²) < 4.78 is 11.0. The minimum atomic E-state index is -0.235. The van der Waals surface area contributed by atoms with Gasteiger partial charge in [-0.2, -0.15) is 0 Å². The third-order valence-electron chi connectivity index (χ3n) is 8.16. The van der Waals surface area contributed by atoms with Crippen LogP contribution >= 0.6 is 11.6 Å². The zero-order valence-corrected chi connectivity index (χ0v) is 23.9. The Labute approximate surface area is 244 Å². The molecule has 41 heavy (non-hydrogen) atoms. The molecule has 10 heteroatoms. The number of hydrogen-bond donors (Lipinski definition) is 2. The number of benzene rings is 2. The van der Waals surface area contributed by atoms with E-state index in [1.807, 2.05) is 59.6 Å². The quantitative estimate of drug-likeness (QED) is 0.281. The zero-order chi connectivity index (χ0) is 28.2. The lowest BCUT2D eigenvalue weighted by Gasteiger charge is -2.42. The van der Waals surface area contributed by atoms with Crippen LogP contribution in [-0.2, 0) is 11.3 Å². The summed E-state index contributed by atoms with van der Waals surface area (Å²) in [6.45, 7) is 3.37. The fourth-order valence-electron chi connectivity index (χ4n) is 5.94. The lowest BCUT2D eigenvalue weighted by atomic mass is 9.89. The first-order chi connectivity index (χ1) is 20.1. The van der Waals surface area contributed by atoms with E-state index in [1.54, 1.807) is 13.3 Å². The number of carbonyl (C=O) groups excluding carboxylic acids is 1. The van der Waals surface area contributed by atoms with Crippen molar-refractivity contribution in [3.8, 4) is 17.0 Å². The van der Waals surface area contributed by atoms with Crippen molar-refractivity contribution in [2.24, 2.45) is 0 Å². The molecule has 0 bridgehead atoms. The average Bonchev–Trinajstić information content (AvgIpc) is 3.44. The van der Waals surface area contributed by atoms with E-state index in [0.29, 0.717) is 42.4 Å². The van der Waals surface area contributed by atoms with Gasteiger partial charge in [-0.05, 0) is 49.4 Å². The van der Waals surface area contributed by atoms with Gasteiger partial charge in [0.25, 0.3) is 0 Å². The highest BCUT2D eigenvalue weighted by Crippen LogP contribution is 2.35. The third-order valence-corrected chi connectivity index (χ3v) is 8.44. The first-order valence-electron chi connectivity index (χ1n) is 14.2. The Kier molecular flexibility index (Phi) is 8.25. The molecule has 0 spiro atoms. The second kappa shape index (κ2) is 12.4. The number of carbonyl (C=O) groups is 1. The van der Waals surface area contributed by atoms with Gasteiger partial charge < -0.3 is 24.7 Å². The highest BCUT2D eigenvalue weighted by atomic mass is 35.5. The number of ether oxygens (including phenoxy) is 2. The Morgan fingerprint density at radius 2 is 1.95 bits per heavy atom. The molecule has 4 aromatic rings. The van der Waals surface area contributed by atoms with Crippen LogP contribution in [0.15, 0.2) is 60.9 Å². The maximum Gasteiger partial charge on any atom is 0.410 e. The third kappa shape index (κ3) is 6.26. The van der Waals surface area contributed by atoms with Crippen molar-refractivity contribution in [2.75, 3.05) is 38.6 Å². The monoisotopic (exact) mass is 574 g/mol. The van der Waals surface area contributed by atoms with Crippen LogP contribution in [0.25, 0.3) is 22.2 Å². The maximum atomic E-state index is 12.6. The Morgan fingerprint density at radius 3 is 2.76 bits per heavy atom. The number of amides is 1. The molecule has 2 atom stereocenters. The van der Waals surface area contributed by atoms with Gasteiger partial charge in [0.1, 0.15) is 12.4 Å². The van der Waals surface area contributed by atoms with Crippen LogP contribution in [0.3, 0.4) is 0 Å². The summed E-state index contributed by atoms with van der Waals surface area (Å²) in [4.78, 5) is 29.6. The molecule has 0 radical (unpaired) electrons. The van der Waals surface area contributed by atoms with E-state index in [9.17, 15) is 4.79 Å². The molecule has 2 aliphatic rings. The van der Waals surface area contributed by atoms with E-state index in [-0.39, 0.29) is 12.1 Å². The predicted octanol–water partition coefficient (Wildman–Crippen LogP) is 5.96. The summed E-state index contributed by atoms with van der Waals surface area (Å²) in [5, 5.41) is 5.08. The number of aromatic amines is 1. The topological polar surface area (TPSA) is 95.6 Å². The molecular weight excluding hydrogens is 540 g/mol. The van der Waals surface area contributed by atoms with Gasteiger partial charge in [-0.15, -0.1) is 0 Å².